The molecule has 0 unspecified atom stereocenters. The Bertz CT molecular complexity index is 1020. The van der Waals surface area contributed by atoms with Crippen LogP contribution in [0.4, 0.5) is 5.82 Å². The number of fused-ring (bicyclic) bond motifs is 1. The molecule has 162 valence electrons. The van der Waals surface area contributed by atoms with Crippen molar-refractivity contribution in [3.63, 3.8) is 0 Å². The molecule has 1 aliphatic heterocycles. The summed E-state index contributed by atoms with van der Waals surface area (Å²) in [6.07, 6.45) is 6.99. The van der Waals surface area contributed by atoms with Gasteiger partial charge in [0.25, 0.3) is 0 Å². The van der Waals surface area contributed by atoms with Gasteiger partial charge in [0.15, 0.2) is 0 Å². The lowest BCUT2D eigenvalue weighted by Crippen LogP contribution is -2.41. The van der Waals surface area contributed by atoms with Crippen molar-refractivity contribution in [1.29, 1.82) is 0 Å². The molecule has 1 N–H and O–H groups in total. The van der Waals surface area contributed by atoms with E-state index in [2.05, 4.69) is 10.4 Å². The summed E-state index contributed by atoms with van der Waals surface area (Å²) in [5, 5.41) is 7.19. The molecule has 4 rings (SSSR count). The van der Waals surface area contributed by atoms with Crippen LogP contribution in [0.1, 0.15) is 56.7 Å². The molecule has 7 nitrogen and oxygen atoms in total. The van der Waals surface area contributed by atoms with Crippen LogP contribution in [0.15, 0.2) is 35.4 Å². The van der Waals surface area contributed by atoms with Crippen molar-refractivity contribution >= 4 is 21.7 Å². The van der Waals surface area contributed by atoms with E-state index >= 15 is 0 Å². The number of hydrogen-bond acceptors (Lipinski definition) is 4. The van der Waals surface area contributed by atoms with E-state index in [0.717, 1.165) is 19.3 Å². The number of carbonyl (C=O) groups is 1. The second-order valence-electron chi connectivity index (χ2n) is 8.56. The van der Waals surface area contributed by atoms with Gasteiger partial charge >= 0.3 is 0 Å². The van der Waals surface area contributed by atoms with Gasteiger partial charge in [-0.1, -0.05) is 6.07 Å². The van der Waals surface area contributed by atoms with Gasteiger partial charge in [-0.25, -0.2) is 13.1 Å². The molecule has 1 fully saturated rings. The summed E-state index contributed by atoms with van der Waals surface area (Å²) >= 11 is 0. The highest BCUT2D eigenvalue weighted by molar-refractivity contribution is 7.89. The molecule has 2 aliphatic rings. The van der Waals surface area contributed by atoms with Crippen molar-refractivity contribution in [3.05, 3.63) is 41.6 Å². The average molecular weight is 431 g/mol. The summed E-state index contributed by atoms with van der Waals surface area (Å²) in [7, 11) is -3.53. The number of amides is 1. The molecule has 1 aliphatic carbocycles. The Morgan fingerprint density at radius 1 is 1.10 bits per heavy atom. The zero-order chi connectivity index (χ0) is 21.3. The van der Waals surface area contributed by atoms with Gasteiger partial charge in [0.2, 0.25) is 15.9 Å². The fourth-order valence-corrected chi connectivity index (χ4v) is 5.95. The van der Waals surface area contributed by atoms with Gasteiger partial charge in [0.1, 0.15) is 5.82 Å². The fourth-order valence-electron chi connectivity index (χ4n) is 4.43. The quantitative estimate of drug-likeness (QED) is 0.788. The first-order valence-electron chi connectivity index (χ1n) is 10.8. The highest BCUT2D eigenvalue weighted by Gasteiger charge is 2.32. The van der Waals surface area contributed by atoms with Crippen LogP contribution < -0.4 is 5.32 Å². The molecule has 1 aromatic heterocycles. The second-order valence-corrected chi connectivity index (χ2v) is 10.5. The molecule has 1 saturated heterocycles. The fraction of sp³-hybridized carbons (Fsp3) is 0.545. The van der Waals surface area contributed by atoms with Crippen LogP contribution in [0, 0.1) is 5.92 Å². The molecule has 0 bridgehead atoms. The molecule has 2 heterocycles. The van der Waals surface area contributed by atoms with E-state index in [1.165, 1.54) is 21.9 Å². The lowest BCUT2D eigenvalue weighted by Gasteiger charge is -2.31. The van der Waals surface area contributed by atoms with Crippen molar-refractivity contribution in [2.45, 2.75) is 63.3 Å². The monoisotopic (exact) mass is 430 g/mol. The van der Waals surface area contributed by atoms with Crippen LogP contribution in [0.5, 0.6) is 0 Å². The highest BCUT2D eigenvalue weighted by atomic mass is 32.2. The summed E-state index contributed by atoms with van der Waals surface area (Å²) < 4.78 is 29.6. The normalized spacial score (nSPS) is 18.4. The van der Waals surface area contributed by atoms with E-state index in [4.69, 9.17) is 0 Å². The lowest BCUT2D eigenvalue weighted by atomic mass is 9.92. The predicted molar refractivity (Wildman–Crippen MR) is 116 cm³/mol. The number of rotatable bonds is 5. The predicted octanol–water partition coefficient (Wildman–Crippen LogP) is 3.38. The number of aryl methyl sites for hydroxylation is 2. The molecule has 1 amide bonds. The first-order chi connectivity index (χ1) is 14.4. The minimum absolute atomic E-state index is 0.0665. The standard InChI is InChI=1S/C22H30N4O3S/c1-16(2)26-21(9-12-23-26)24-22(27)18-10-13-25(14-11-18)30(28,29)20-8-7-17-5-3-4-6-19(17)15-20/h7-9,12,15-16,18H,3-6,10-11,13-14H2,1-2H3,(H,24,27). The van der Waals surface area contributed by atoms with Crippen molar-refractivity contribution < 1.29 is 13.2 Å². The molecule has 30 heavy (non-hydrogen) atoms. The van der Waals surface area contributed by atoms with Crippen LogP contribution in [-0.2, 0) is 27.7 Å². The molecular weight excluding hydrogens is 400 g/mol. The molecule has 2 aromatic rings. The first-order valence-corrected chi connectivity index (χ1v) is 12.3. The van der Waals surface area contributed by atoms with Gasteiger partial charge in [-0.2, -0.15) is 9.40 Å². The minimum atomic E-state index is -3.53. The Morgan fingerprint density at radius 3 is 2.50 bits per heavy atom. The van der Waals surface area contributed by atoms with Gasteiger partial charge in [0, 0.05) is 31.1 Å². The molecule has 0 radical (unpaired) electrons. The number of nitrogens with zero attached hydrogens (tertiary/aromatic N) is 3. The summed E-state index contributed by atoms with van der Waals surface area (Å²) in [4.78, 5) is 13.1. The summed E-state index contributed by atoms with van der Waals surface area (Å²) in [5.41, 5.74) is 2.44. The smallest absolute Gasteiger partial charge is 0.243 e. The van der Waals surface area contributed by atoms with Crippen LogP contribution in [0.2, 0.25) is 0 Å². The Labute approximate surface area is 178 Å². The molecule has 0 atom stereocenters. The zero-order valence-corrected chi connectivity index (χ0v) is 18.5. The Morgan fingerprint density at radius 2 is 1.80 bits per heavy atom. The summed E-state index contributed by atoms with van der Waals surface area (Å²) in [6, 6.07) is 7.51. The SMILES string of the molecule is CC(C)n1nccc1NC(=O)C1CCN(S(=O)(=O)c2ccc3c(c2)CCCC3)CC1. The van der Waals surface area contributed by atoms with Gasteiger partial charge in [-0.15, -0.1) is 0 Å². The lowest BCUT2D eigenvalue weighted by molar-refractivity contribution is -0.121. The molecule has 0 spiro atoms. The summed E-state index contributed by atoms with van der Waals surface area (Å²) in [6.45, 7) is 4.74. The number of piperidine rings is 1. The number of sulfonamides is 1. The maximum Gasteiger partial charge on any atom is 0.243 e. The highest BCUT2D eigenvalue weighted by Crippen LogP contribution is 2.28. The van der Waals surface area contributed by atoms with Crippen molar-refractivity contribution in [3.8, 4) is 0 Å². The number of hydrogen-bond donors (Lipinski definition) is 1. The third kappa shape index (κ3) is 4.16. The van der Waals surface area contributed by atoms with Gasteiger partial charge in [-0.3, -0.25) is 4.79 Å². The van der Waals surface area contributed by atoms with E-state index in [1.807, 2.05) is 26.0 Å². The maximum absolute atomic E-state index is 13.1. The number of carbonyl (C=O) groups excluding carboxylic acids is 1. The van der Waals surface area contributed by atoms with E-state index in [-0.39, 0.29) is 17.9 Å². The van der Waals surface area contributed by atoms with Gasteiger partial charge in [-0.05, 0) is 75.6 Å². The Balaban J connectivity index is 1.40. The first kappa shape index (κ1) is 21.1. The van der Waals surface area contributed by atoms with E-state index in [0.29, 0.717) is 36.6 Å². The second kappa shape index (κ2) is 8.51. The van der Waals surface area contributed by atoms with Crippen LogP contribution in [0.25, 0.3) is 0 Å². The molecule has 8 heteroatoms. The summed E-state index contributed by atoms with van der Waals surface area (Å²) in [5.74, 6) is 0.415. The maximum atomic E-state index is 13.1. The zero-order valence-electron chi connectivity index (χ0n) is 17.7. The number of anilines is 1. The van der Waals surface area contributed by atoms with E-state index < -0.39 is 10.0 Å². The largest absolute Gasteiger partial charge is 0.311 e. The third-order valence-corrected chi connectivity index (χ3v) is 8.09. The van der Waals surface area contributed by atoms with Gasteiger partial charge < -0.3 is 5.32 Å². The Kier molecular flexibility index (Phi) is 5.97. The topological polar surface area (TPSA) is 84.3 Å². The molecular formula is C22H30N4O3S. The number of nitrogens with one attached hydrogen (secondary N) is 1. The molecule has 0 saturated carbocycles. The van der Waals surface area contributed by atoms with Crippen molar-refractivity contribution in [2.24, 2.45) is 5.92 Å². The third-order valence-electron chi connectivity index (χ3n) is 6.19. The van der Waals surface area contributed by atoms with Crippen molar-refractivity contribution in [1.82, 2.24) is 14.1 Å². The number of benzene rings is 1. The average Bonchev–Trinajstić information content (AvgIpc) is 3.22. The van der Waals surface area contributed by atoms with Gasteiger partial charge in [0.05, 0.1) is 11.1 Å². The van der Waals surface area contributed by atoms with E-state index in [1.54, 1.807) is 23.0 Å². The number of aromatic nitrogens is 2. The van der Waals surface area contributed by atoms with Crippen LogP contribution in [-0.4, -0.2) is 41.5 Å². The minimum Gasteiger partial charge on any atom is -0.311 e. The van der Waals surface area contributed by atoms with Crippen LogP contribution in [0.3, 0.4) is 0 Å². The van der Waals surface area contributed by atoms with Crippen molar-refractivity contribution in [2.75, 3.05) is 18.4 Å². The molecule has 1 aromatic carbocycles. The van der Waals surface area contributed by atoms with E-state index in [9.17, 15) is 13.2 Å². The van der Waals surface area contributed by atoms with Crippen LogP contribution >= 0.6 is 0 Å². The Hall–Kier alpha value is -2.19.